The van der Waals surface area contributed by atoms with Crippen molar-refractivity contribution >= 4 is 23.8 Å². The van der Waals surface area contributed by atoms with Gasteiger partial charge in [0, 0.05) is 24.1 Å². The first-order valence-corrected chi connectivity index (χ1v) is 6.44. The van der Waals surface area contributed by atoms with Crippen molar-refractivity contribution in [2.24, 2.45) is 0 Å². The highest BCUT2D eigenvalue weighted by atomic mass is 32.2. The minimum atomic E-state index is -0.837. The molecule has 1 saturated heterocycles. The quantitative estimate of drug-likeness (QED) is 0.588. The summed E-state index contributed by atoms with van der Waals surface area (Å²) in [6.07, 6.45) is 1.42. The van der Waals surface area contributed by atoms with E-state index in [1.165, 1.54) is 12.0 Å². The lowest BCUT2D eigenvalue weighted by molar-refractivity contribution is -0.140. The number of hydrogen-bond donors (Lipinski definition) is 1. The number of amides is 1. The second-order valence-corrected chi connectivity index (χ2v) is 4.82. The van der Waals surface area contributed by atoms with Crippen LogP contribution in [-0.2, 0) is 9.53 Å². The van der Waals surface area contributed by atoms with Crippen LogP contribution in [0.25, 0.3) is 0 Å². The molecule has 1 N–H and O–H groups in total. The minimum absolute atomic E-state index is 0.111. The molecule has 0 aromatic rings. The summed E-state index contributed by atoms with van der Waals surface area (Å²) in [4.78, 5) is 23.2. The van der Waals surface area contributed by atoms with Crippen molar-refractivity contribution in [2.75, 3.05) is 25.2 Å². The molecule has 0 spiro atoms. The van der Waals surface area contributed by atoms with Crippen LogP contribution >= 0.6 is 11.8 Å². The molecule has 1 atom stereocenters. The number of thioether (sulfide) groups is 1. The molecule has 16 heavy (non-hydrogen) atoms. The third-order valence-electron chi connectivity index (χ3n) is 2.61. The van der Waals surface area contributed by atoms with Crippen molar-refractivity contribution in [2.45, 2.75) is 25.3 Å². The fourth-order valence-corrected chi connectivity index (χ4v) is 2.83. The molecule has 0 bridgehead atoms. The highest BCUT2D eigenvalue weighted by Crippen LogP contribution is 2.21. The summed E-state index contributed by atoms with van der Waals surface area (Å²) >= 11 is 1.61. The lowest BCUT2D eigenvalue weighted by Crippen LogP contribution is -2.35. The van der Waals surface area contributed by atoms with Crippen LogP contribution in [0.3, 0.4) is 0 Å². The molecule has 0 aromatic heterocycles. The van der Waals surface area contributed by atoms with Gasteiger partial charge < -0.3 is 14.7 Å². The molecule has 6 heteroatoms. The van der Waals surface area contributed by atoms with Crippen molar-refractivity contribution in [1.29, 1.82) is 0 Å². The summed E-state index contributed by atoms with van der Waals surface area (Å²) in [6.45, 7) is 0.636. The zero-order chi connectivity index (χ0) is 12.0. The Balaban J connectivity index is 2.17. The molecule has 92 valence electrons. The van der Waals surface area contributed by atoms with Gasteiger partial charge in [0.2, 0.25) is 0 Å². The Bertz CT molecular complexity index is 259. The van der Waals surface area contributed by atoms with E-state index in [0.717, 1.165) is 18.6 Å². The zero-order valence-corrected chi connectivity index (χ0v) is 10.2. The van der Waals surface area contributed by atoms with Crippen molar-refractivity contribution in [1.82, 2.24) is 4.90 Å². The molecule has 1 heterocycles. The second-order valence-electron chi connectivity index (χ2n) is 3.67. The van der Waals surface area contributed by atoms with Gasteiger partial charge in [0.15, 0.2) is 0 Å². The first-order valence-electron chi connectivity index (χ1n) is 5.29. The molecule has 1 aliphatic heterocycles. The molecule has 0 unspecified atom stereocenters. The number of ether oxygens (including phenoxy) is 1. The molecule has 0 saturated carbocycles. The molecule has 1 fully saturated rings. The smallest absolute Gasteiger partial charge is 0.407 e. The summed E-state index contributed by atoms with van der Waals surface area (Å²) in [7, 11) is 1.37. The number of rotatable bonds is 5. The summed E-state index contributed by atoms with van der Waals surface area (Å²) in [5.41, 5.74) is 0. The minimum Gasteiger partial charge on any atom is -0.469 e. The average molecular weight is 247 g/mol. The number of hydrogen-bond acceptors (Lipinski definition) is 4. The molecule has 0 aromatic carbocycles. The Morgan fingerprint density at radius 2 is 2.31 bits per heavy atom. The van der Waals surface area contributed by atoms with Gasteiger partial charge in [-0.3, -0.25) is 4.79 Å². The Morgan fingerprint density at radius 1 is 1.56 bits per heavy atom. The Morgan fingerprint density at radius 3 is 2.94 bits per heavy atom. The summed E-state index contributed by atoms with van der Waals surface area (Å²) in [5.74, 6) is 1.24. The van der Waals surface area contributed by atoms with E-state index in [1.54, 1.807) is 11.8 Å². The van der Waals surface area contributed by atoms with E-state index in [4.69, 9.17) is 5.11 Å². The van der Waals surface area contributed by atoms with Gasteiger partial charge in [0.05, 0.1) is 13.5 Å². The maximum absolute atomic E-state index is 10.8. The van der Waals surface area contributed by atoms with Crippen LogP contribution in [0, 0.1) is 0 Å². The highest BCUT2D eigenvalue weighted by Gasteiger charge is 2.27. The largest absolute Gasteiger partial charge is 0.469 e. The predicted molar refractivity (Wildman–Crippen MR) is 61.7 cm³/mol. The lowest BCUT2D eigenvalue weighted by Gasteiger charge is -2.20. The molecule has 1 amide bonds. The highest BCUT2D eigenvalue weighted by molar-refractivity contribution is 7.99. The zero-order valence-electron chi connectivity index (χ0n) is 9.35. The van der Waals surface area contributed by atoms with Crippen LogP contribution in [0.2, 0.25) is 0 Å². The van der Waals surface area contributed by atoms with Crippen molar-refractivity contribution in [3.05, 3.63) is 0 Å². The third-order valence-corrected chi connectivity index (χ3v) is 3.72. The summed E-state index contributed by atoms with van der Waals surface area (Å²) in [6, 6.07) is 0.111. The van der Waals surface area contributed by atoms with E-state index >= 15 is 0 Å². The molecule has 0 radical (unpaired) electrons. The topological polar surface area (TPSA) is 66.8 Å². The SMILES string of the molecule is COC(=O)CCSC[C@@H]1CCCN1C(=O)O. The van der Waals surface area contributed by atoms with E-state index < -0.39 is 6.09 Å². The first-order chi connectivity index (χ1) is 7.65. The molecular formula is C10H17NO4S. The van der Waals surface area contributed by atoms with Gasteiger partial charge >= 0.3 is 12.1 Å². The summed E-state index contributed by atoms with van der Waals surface area (Å²) < 4.78 is 4.52. The molecule has 1 rings (SSSR count). The predicted octanol–water partition coefficient (Wildman–Crippen LogP) is 1.43. The van der Waals surface area contributed by atoms with Gasteiger partial charge in [-0.25, -0.2) is 4.79 Å². The number of likely N-dealkylation sites (tertiary alicyclic amines) is 1. The number of carbonyl (C=O) groups excluding carboxylic acids is 1. The van der Waals surface area contributed by atoms with Crippen molar-refractivity contribution in [3.8, 4) is 0 Å². The van der Waals surface area contributed by atoms with E-state index in [0.29, 0.717) is 18.7 Å². The number of nitrogens with zero attached hydrogens (tertiary/aromatic N) is 1. The van der Waals surface area contributed by atoms with Crippen LogP contribution in [-0.4, -0.2) is 53.3 Å². The molecule has 0 aliphatic carbocycles. The van der Waals surface area contributed by atoms with Crippen LogP contribution in [0.1, 0.15) is 19.3 Å². The van der Waals surface area contributed by atoms with Crippen molar-refractivity contribution in [3.63, 3.8) is 0 Å². The van der Waals surface area contributed by atoms with E-state index in [-0.39, 0.29) is 12.0 Å². The Labute approximate surface area is 99.1 Å². The van der Waals surface area contributed by atoms with Gasteiger partial charge in [0.1, 0.15) is 0 Å². The van der Waals surface area contributed by atoms with Gasteiger partial charge in [-0.2, -0.15) is 11.8 Å². The number of methoxy groups -OCH3 is 1. The average Bonchev–Trinajstić information content (AvgIpc) is 2.72. The Kier molecular flexibility index (Phi) is 5.45. The molecule has 5 nitrogen and oxygen atoms in total. The lowest BCUT2D eigenvalue weighted by atomic mass is 10.2. The van der Waals surface area contributed by atoms with Crippen LogP contribution in [0.5, 0.6) is 0 Å². The van der Waals surface area contributed by atoms with Gasteiger partial charge in [-0.15, -0.1) is 0 Å². The first kappa shape index (κ1) is 13.2. The van der Waals surface area contributed by atoms with E-state index in [1.807, 2.05) is 0 Å². The van der Waals surface area contributed by atoms with Crippen molar-refractivity contribution < 1.29 is 19.4 Å². The second kappa shape index (κ2) is 6.62. The number of carbonyl (C=O) groups is 2. The van der Waals surface area contributed by atoms with Gasteiger partial charge in [0.25, 0.3) is 0 Å². The van der Waals surface area contributed by atoms with Crippen LogP contribution in [0.4, 0.5) is 4.79 Å². The number of carboxylic acid groups (broad SMARTS) is 1. The maximum Gasteiger partial charge on any atom is 0.407 e. The van der Waals surface area contributed by atoms with Crippen LogP contribution in [0.15, 0.2) is 0 Å². The third kappa shape index (κ3) is 3.92. The van der Waals surface area contributed by atoms with Gasteiger partial charge in [-0.05, 0) is 12.8 Å². The fraction of sp³-hybridized carbons (Fsp3) is 0.800. The standard InChI is InChI=1S/C10H17NO4S/c1-15-9(12)4-6-16-7-8-3-2-5-11(8)10(13)14/h8H,2-7H2,1H3,(H,13,14)/t8-/m0/s1. The number of esters is 1. The molecule has 1 aliphatic rings. The van der Waals surface area contributed by atoms with Gasteiger partial charge in [-0.1, -0.05) is 0 Å². The summed E-state index contributed by atoms with van der Waals surface area (Å²) in [5, 5.41) is 8.91. The normalized spacial score (nSPS) is 19.8. The maximum atomic E-state index is 10.8. The Hall–Kier alpha value is -0.910. The molecular weight excluding hydrogens is 230 g/mol. The van der Waals surface area contributed by atoms with E-state index in [2.05, 4.69) is 4.74 Å². The monoisotopic (exact) mass is 247 g/mol. The van der Waals surface area contributed by atoms with Crippen LogP contribution < -0.4 is 0 Å². The fourth-order valence-electron chi connectivity index (χ4n) is 1.74. The van der Waals surface area contributed by atoms with E-state index in [9.17, 15) is 9.59 Å².